The zero-order valence-electron chi connectivity index (χ0n) is 19.8. The minimum atomic E-state index is 0.455. The zero-order chi connectivity index (χ0) is 24.2. The van der Waals surface area contributed by atoms with E-state index in [2.05, 4.69) is 65.7 Å². The third-order valence-electron chi connectivity index (χ3n) is 5.33. The van der Waals surface area contributed by atoms with Crippen LogP contribution in [0.3, 0.4) is 0 Å². The van der Waals surface area contributed by atoms with E-state index < -0.39 is 0 Å². The van der Waals surface area contributed by atoms with Crippen molar-refractivity contribution in [2.75, 3.05) is 40.7 Å². The number of aromatic nitrogens is 1. The second kappa shape index (κ2) is 10.00. The molecule has 0 amide bonds. The molecule has 0 aliphatic carbocycles. The van der Waals surface area contributed by atoms with Crippen molar-refractivity contribution in [3.63, 3.8) is 0 Å². The van der Waals surface area contributed by atoms with Gasteiger partial charge in [-0.05, 0) is 31.3 Å². The summed E-state index contributed by atoms with van der Waals surface area (Å²) in [5, 5.41) is 13.2. The topological polar surface area (TPSA) is 79.6 Å². The average Bonchev–Trinajstić information content (AvgIpc) is 3.28. The van der Waals surface area contributed by atoms with E-state index in [1.807, 2.05) is 12.1 Å². The number of nitriles is 1. The summed E-state index contributed by atoms with van der Waals surface area (Å²) in [6.45, 7) is 0.892. The van der Waals surface area contributed by atoms with Gasteiger partial charge in [-0.1, -0.05) is 24.3 Å². The molecule has 7 nitrogen and oxygen atoms in total. The lowest BCUT2D eigenvalue weighted by molar-refractivity contribution is 0.324. The number of hydrogen-bond acceptors (Lipinski definition) is 8. The van der Waals surface area contributed by atoms with E-state index in [9.17, 15) is 5.26 Å². The zero-order valence-corrected chi connectivity index (χ0v) is 20.6. The van der Waals surface area contributed by atoms with Gasteiger partial charge in [-0.25, -0.2) is 0 Å². The third-order valence-corrected chi connectivity index (χ3v) is 6.52. The standard InChI is InChI=1S/C26H26N4O3S/c1-30(2)15-16-6-8-17(9-7-16)23-12-20-26(34-23)24(18(13-27)14-28-20)29-19-10-21(31-3)25(33-5)22(11-19)32-4/h6-12,14H,15H2,1-5H3,(H,28,29). The van der Waals surface area contributed by atoms with E-state index in [0.29, 0.717) is 34.2 Å². The van der Waals surface area contributed by atoms with Gasteiger partial charge in [0, 0.05) is 35.4 Å². The first-order valence-corrected chi connectivity index (χ1v) is 11.4. The lowest BCUT2D eigenvalue weighted by Crippen LogP contribution is -2.10. The van der Waals surface area contributed by atoms with Crippen LogP contribution in [0, 0.1) is 11.3 Å². The van der Waals surface area contributed by atoms with Gasteiger partial charge in [0.05, 0.1) is 42.8 Å². The van der Waals surface area contributed by atoms with Crippen molar-refractivity contribution in [3.05, 3.63) is 59.8 Å². The van der Waals surface area contributed by atoms with Crippen molar-refractivity contribution >= 4 is 32.9 Å². The van der Waals surface area contributed by atoms with Crippen LogP contribution >= 0.6 is 11.3 Å². The maximum absolute atomic E-state index is 9.77. The monoisotopic (exact) mass is 474 g/mol. The molecule has 2 aromatic carbocycles. The number of pyridine rings is 1. The van der Waals surface area contributed by atoms with E-state index >= 15 is 0 Å². The first-order chi connectivity index (χ1) is 16.5. The molecule has 174 valence electrons. The van der Waals surface area contributed by atoms with Crippen molar-refractivity contribution in [2.24, 2.45) is 0 Å². The number of nitrogens with one attached hydrogen (secondary N) is 1. The van der Waals surface area contributed by atoms with Gasteiger partial charge in [0.1, 0.15) is 6.07 Å². The lowest BCUT2D eigenvalue weighted by Gasteiger charge is -2.16. The van der Waals surface area contributed by atoms with E-state index in [1.165, 1.54) is 5.56 Å². The Morgan fingerprint density at radius 1 is 1.00 bits per heavy atom. The SMILES string of the molecule is COc1cc(Nc2c(C#N)cnc3cc(-c4ccc(CN(C)C)cc4)sc23)cc(OC)c1OC. The van der Waals surface area contributed by atoms with Crippen LogP contribution in [0.1, 0.15) is 11.1 Å². The molecule has 0 saturated heterocycles. The molecule has 0 spiro atoms. The number of thiophene rings is 1. The van der Waals surface area contributed by atoms with Crippen LogP contribution in [0.4, 0.5) is 11.4 Å². The third kappa shape index (κ3) is 4.62. The second-order valence-electron chi connectivity index (χ2n) is 7.96. The summed E-state index contributed by atoms with van der Waals surface area (Å²) in [4.78, 5) is 7.75. The first kappa shape index (κ1) is 23.4. The summed E-state index contributed by atoms with van der Waals surface area (Å²) in [6, 6.07) is 16.5. The molecule has 0 fully saturated rings. The van der Waals surface area contributed by atoms with Gasteiger partial charge in [0.15, 0.2) is 11.5 Å². The maximum Gasteiger partial charge on any atom is 0.203 e. The van der Waals surface area contributed by atoms with Gasteiger partial charge in [-0.15, -0.1) is 11.3 Å². The molecule has 0 unspecified atom stereocenters. The van der Waals surface area contributed by atoms with Crippen LogP contribution in [-0.4, -0.2) is 45.3 Å². The van der Waals surface area contributed by atoms with E-state index in [4.69, 9.17) is 14.2 Å². The normalized spacial score (nSPS) is 10.9. The number of rotatable bonds is 8. The Bertz CT molecular complexity index is 1330. The predicted octanol–water partition coefficient (Wildman–Crippen LogP) is 5.67. The molecular formula is C26H26N4O3S. The molecule has 8 heteroatoms. The fourth-order valence-electron chi connectivity index (χ4n) is 3.77. The highest BCUT2D eigenvalue weighted by atomic mass is 32.1. The van der Waals surface area contributed by atoms with Crippen molar-refractivity contribution in [3.8, 4) is 33.8 Å². The number of benzene rings is 2. The number of hydrogen-bond donors (Lipinski definition) is 1. The highest BCUT2D eigenvalue weighted by molar-refractivity contribution is 7.22. The highest BCUT2D eigenvalue weighted by Gasteiger charge is 2.17. The van der Waals surface area contributed by atoms with Gasteiger partial charge in [0.25, 0.3) is 0 Å². The molecule has 0 radical (unpaired) electrons. The van der Waals surface area contributed by atoms with Crippen LogP contribution in [0.15, 0.2) is 48.7 Å². The summed E-state index contributed by atoms with van der Waals surface area (Å²) >= 11 is 1.60. The van der Waals surface area contributed by atoms with Crippen molar-refractivity contribution < 1.29 is 14.2 Å². The molecule has 34 heavy (non-hydrogen) atoms. The molecule has 0 atom stereocenters. The van der Waals surface area contributed by atoms with Gasteiger partial charge >= 0.3 is 0 Å². The van der Waals surface area contributed by atoms with Crippen molar-refractivity contribution in [1.29, 1.82) is 5.26 Å². The van der Waals surface area contributed by atoms with Crippen molar-refractivity contribution in [2.45, 2.75) is 6.54 Å². The first-order valence-electron chi connectivity index (χ1n) is 10.6. The molecule has 0 aliphatic heterocycles. The van der Waals surface area contributed by atoms with E-state index in [-0.39, 0.29) is 0 Å². The summed E-state index contributed by atoms with van der Waals surface area (Å²) < 4.78 is 17.3. The van der Waals surface area contributed by atoms with E-state index in [0.717, 1.165) is 27.2 Å². The van der Waals surface area contributed by atoms with Crippen LogP contribution < -0.4 is 19.5 Å². The van der Waals surface area contributed by atoms with Gasteiger partial charge in [0.2, 0.25) is 5.75 Å². The number of nitrogens with zero attached hydrogens (tertiary/aromatic N) is 3. The largest absolute Gasteiger partial charge is 0.493 e. The Kier molecular flexibility index (Phi) is 6.87. The fourth-order valence-corrected chi connectivity index (χ4v) is 4.89. The quantitative estimate of drug-likeness (QED) is 0.353. The molecular weight excluding hydrogens is 448 g/mol. The maximum atomic E-state index is 9.77. The summed E-state index contributed by atoms with van der Waals surface area (Å²) in [5.41, 5.74) is 5.05. The van der Waals surface area contributed by atoms with Gasteiger partial charge in [-0.3, -0.25) is 4.98 Å². The van der Waals surface area contributed by atoms with Crippen molar-refractivity contribution in [1.82, 2.24) is 9.88 Å². The smallest absolute Gasteiger partial charge is 0.203 e. The summed E-state index contributed by atoms with van der Waals surface area (Å²) in [7, 11) is 8.82. The Hall–Kier alpha value is -3.80. The second-order valence-corrected chi connectivity index (χ2v) is 9.01. The Morgan fingerprint density at radius 3 is 2.24 bits per heavy atom. The minimum Gasteiger partial charge on any atom is -0.493 e. The van der Waals surface area contributed by atoms with Gasteiger partial charge < -0.3 is 24.4 Å². The Labute approximate surface area is 203 Å². The predicted molar refractivity (Wildman–Crippen MR) is 137 cm³/mol. The summed E-state index contributed by atoms with van der Waals surface area (Å²) in [5.74, 6) is 1.56. The average molecular weight is 475 g/mol. The molecule has 0 aliphatic rings. The number of fused-ring (bicyclic) bond motifs is 1. The molecule has 0 saturated carbocycles. The number of anilines is 2. The van der Waals surface area contributed by atoms with E-state index in [1.54, 1.807) is 38.9 Å². The molecule has 2 aromatic heterocycles. The lowest BCUT2D eigenvalue weighted by atomic mass is 10.1. The minimum absolute atomic E-state index is 0.455. The van der Waals surface area contributed by atoms with Crippen LogP contribution in [-0.2, 0) is 6.54 Å². The number of methoxy groups -OCH3 is 3. The Morgan fingerprint density at radius 2 is 1.68 bits per heavy atom. The highest BCUT2D eigenvalue weighted by Crippen LogP contribution is 2.43. The molecule has 2 heterocycles. The molecule has 4 rings (SSSR count). The van der Waals surface area contributed by atoms with Gasteiger partial charge in [-0.2, -0.15) is 5.26 Å². The number of ether oxygens (including phenoxy) is 3. The fraction of sp³-hybridized carbons (Fsp3) is 0.231. The molecule has 1 N–H and O–H groups in total. The van der Waals surface area contributed by atoms with Crippen LogP contribution in [0.25, 0.3) is 20.7 Å². The molecule has 0 bridgehead atoms. The Balaban J connectivity index is 1.76. The summed E-state index contributed by atoms with van der Waals surface area (Å²) in [6.07, 6.45) is 1.60. The van der Waals surface area contributed by atoms with Crippen LogP contribution in [0.5, 0.6) is 17.2 Å². The molecule has 4 aromatic rings. The van der Waals surface area contributed by atoms with Crippen LogP contribution in [0.2, 0.25) is 0 Å².